The van der Waals surface area contributed by atoms with E-state index in [0.717, 1.165) is 13.8 Å². The van der Waals surface area contributed by atoms with Crippen molar-refractivity contribution in [3.63, 3.8) is 0 Å². The summed E-state index contributed by atoms with van der Waals surface area (Å²) < 4.78 is 37.0. The van der Waals surface area contributed by atoms with Gasteiger partial charge in [-0.3, -0.25) is 4.79 Å². The Labute approximate surface area is 79.3 Å². The molecule has 0 radical (unpaired) electrons. The van der Waals surface area contributed by atoms with Gasteiger partial charge in [0.15, 0.2) is 0 Å². The standard InChI is InChI=1S/C8H12F3NO2/c1-6(2,14)5(13)12-7(3-4-7)8(9,10)11/h14H,3-4H2,1-2H3,(H,12,13). The van der Waals surface area contributed by atoms with E-state index in [1.165, 1.54) is 0 Å². The molecule has 0 saturated heterocycles. The van der Waals surface area contributed by atoms with Crippen LogP contribution in [0.4, 0.5) is 13.2 Å². The van der Waals surface area contributed by atoms with E-state index in [-0.39, 0.29) is 12.8 Å². The van der Waals surface area contributed by atoms with E-state index in [1.54, 1.807) is 0 Å². The summed E-state index contributed by atoms with van der Waals surface area (Å²) in [5.41, 5.74) is -3.87. The molecule has 1 amide bonds. The van der Waals surface area contributed by atoms with Crippen LogP contribution in [-0.2, 0) is 4.79 Å². The van der Waals surface area contributed by atoms with Crippen molar-refractivity contribution in [1.29, 1.82) is 0 Å². The molecular formula is C8H12F3NO2. The van der Waals surface area contributed by atoms with Crippen LogP contribution >= 0.6 is 0 Å². The van der Waals surface area contributed by atoms with Crippen LogP contribution < -0.4 is 5.32 Å². The Kier molecular flexibility index (Phi) is 2.30. The minimum absolute atomic E-state index is 0.113. The van der Waals surface area contributed by atoms with Crippen molar-refractivity contribution >= 4 is 5.91 Å². The third kappa shape index (κ3) is 2.00. The first-order valence-corrected chi connectivity index (χ1v) is 4.20. The Morgan fingerprint density at radius 1 is 1.36 bits per heavy atom. The number of halogens is 3. The van der Waals surface area contributed by atoms with Gasteiger partial charge in [-0.15, -0.1) is 0 Å². The Balaban J connectivity index is 2.67. The maximum absolute atomic E-state index is 12.3. The predicted molar refractivity (Wildman–Crippen MR) is 42.5 cm³/mol. The smallest absolute Gasteiger partial charge is 0.381 e. The monoisotopic (exact) mass is 211 g/mol. The lowest BCUT2D eigenvalue weighted by molar-refractivity contribution is -0.174. The van der Waals surface area contributed by atoms with Gasteiger partial charge in [0.1, 0.15) is 11.1 Å². The molecule has 82 valence electrons. The van der Waals surface area contributed by atoms with Crippen molar-refractivity contribution in [2.45, 2.75) is 44.0 Å². The zero-order valence-electron chi connectivity index (χ0n) is 7.90. The average Bonchev–Trinajstić information content (AvgIpc) is 2.64. The highest BCUT2D eigenvalue weighted by molar-refractivity contribution is 5.85. The molecule has 14 heavy (non-hydrogen) atoms. The molecule has 6 heteroatoms. The summed E-state index contributed by atoms with van der Waals surface area (Å²) in [4.78, 5) is 11.1. The number of hydrogen-bond acceptors (Lipinski definition) is 2. The fourth-order valence-corrected chi connectivity index (χ4v) is 0.975. The summed E-state index contributed by atoms with van der Waals surface area (Å²) in [6.07, 6.45) is -4.66. The lowest BCUT2D eigenvalue weighted by Gasteiger charge is -2.24. The van der Waals surface area contributed by atoms with Crippen LogP contribution in [0.5, 0.6) is 0 Å². The minimum Gasteiger partial charge on any atom is -0.381 e. The molecule has 0 bridgehead atoms. The van der Waals surface area contributed by atoms with E-state index in [9.17, 15) is 18.0 Å². The summed E-state index contributed by atoms with van der Waals surface area (Å²) >= 11 is 0. The maximum atomic E-state index is 12.3. The van der Waals surface area contributed by atoms with Crippen molar-refractivity contribution in [2.75, 3.05) is 0 Å². The van der Waals surface area contributed by atoms with Crippen LogP contribution in [0.1, 0.15) is 26.7 Å². The Morgan fingerprint density at radius 3 is 2.00 bits per heavy atom. The molecule has 0 unspecified atom stereocenters. The minimum atomic E-state index is -4.44. The molecule has 0 heterocycles. The molecule has 0 spiro atoms. The number of carbonyl (C=O) groups excluding carboxylic acids is 1. The van der Waals surface area contributed by atoms with Gasteiger partial charge in [-0.25, -0.2) is 0 Å². The topological polar surface area (TPSA) is 49.3 Å². The van der Waals surface area contributed by atoms with Crippen molar-refractivity contribution in [3.8, 4) is 0 Å². The number of amides is 1. The quantitative estimate of drug-likeness (QED) is 0.715. The van der Waals surface area contributed by atoms with Crippen LogP contribution in [0, 0.1) is 0 Å². The Hall–Kier alpha value is -0.780. The molecular weight excluding hydrogens is 199 g/mol. The summed E-state index contributed by atoms with van der Waals surface area (Å²) in [6.45, 7) is 2.30. The molecule has 1 saturated carbocycles. The second kappa shape index (κ2) is 2.85. The predicted octanol–water partition coefficient (Wildman–Crippen LogP) is 0.968. The number of rotatable bonds is 2. The average molecular weight is 211 g/mol. The molecule has 1 aliphatic carbocycles. The second-order valence-electron chi connectivity index (χ2n) is 4.09. The van der Waals surface area contributed by atoms with Gasteiger partial charge in [-0.05, 0) is 26.7 Å². The van der Waals surface area contributed by atoms with Gasteiger partial charge in [0.2, 0.25) is 0 Å². The molecule has 0 aromatic carbocycles. The normalized spacial score (nSPS) is 20.4. The third-order valence-corrected chi connectivity index (χ3v) is 2.20. The highest BCUT2D eigenvalue weighted by Crippen LogP contribution is 2.49. The third-order valence-electron chi connectivity index (χ3n) is 2.20. The SMILES string of the molecule is CC(C)(O)C(=O)NC1(C(F)(F)F)CC1. The van der Waals surface area contributed by atoms with Crippen molar-refractivity contribution < 1.29 is 23.1 Å². The van der Waals surface area contributed by atoms with Crippen LogP contribution in [0.15, 0.2) is 0 Å². The van der Waals surface area contributed by atoms with Gasteiger partial charge >= 0.3 is 6.18 Å². The fraction of sp³-hybridized carbons (Fsp3) is 0.875. The van der Waals surface area contributed by atoms with Crippen LogP contribution in [0.3, 0.4) is 0 Å². The first kappa shape index (κ1) is 11.3. The number of hydrogen-bond donors (Lipinski definition) is 2. The Morgan fingerprint density at radius 2 is 1.79 bits per heavy atom. The zero-order valence-corrected chi connectivity index (χ0v) is 7.90. The van der Waals surface area contributed by atoms with E-state index in [2.05, 4.69) is 0 Å². The van der Waals surface area contributed by atoms with E-state index in [4.69, 9.17) is 5.11 Å². The molecule has 0 aromatic heterocycles. The number of nitrogens with one attached hydrogen (secondary N) is 1. The highest BCUT2D eigenvalue weighted by Gasteiger charge is 2.64. The summed E-state index contributed by atoms with van der Waals surface area (Å²) in [7, 11) is 0. The first-order chi connectivity index (χ1) is 6.08. The highest BCUT2D eigenvalue weighted by atomic mass is 19.4. The van der Waals surface area contributed by atoms with Gasteiger partial charge < -0.3 is 10.4 Å². The van der Waals surface area contributed by atoms with Gasteiger partial charge in [0.25, 0.3) is 5.91 Å². The number of carbonyl (C=O) groups is 1. The molecule has 1 fully saturated rings. The number of aliphatic hydroxyl groups is 1. The molecule has 0 aliphatic heterocycles. The second-order valence-corrected chi connectivity index (χ2v) is 4.09. The van der Waals surface area contributed by atoms with Gasteiger partial charge in [0, 0.05) is 0 Å². The summed E-state index contributed by atoms with van der Waals surface area (Å²) in [5.74, 6) is -0.993. The van der Waals surface area contributed by atoms with Crippen LogP contribution in [0.25, 0.3) is 0 Å². The van der Waals surface area contributed by atoms with E-state index >= 15 is 0 Å². The molecule has 1 rings (SSSR count). The van der Waals surface area contributed by atoms with E-state index in [1.807, 2.05) is 5.32 Å². The van der Waals surface area contributed by atoms with E-state index in [0.29, 0.717) is 0 Å². The molecule has 1 aliphatic rings. The molecule has 3 nitrogen and oxygen atoms in total. The van der Waals surface area contributed by atoms with Gasteiger partial charge in [-0.1, -0.05) is 0 Å². The zero-order chi connectivity index (χ0) is 11.2. The lowest BCUT2D eigenvalue weighted by Crippen LogP contribution is -2.53. The van der Waals surface area contributed by atoms with Crippen molar-refractivity contribution in [2.24, 2.45) is 0 Å². The molecule has 0 atom stereocenters. The first-order valence-electron chi connectivity index (χ1n) is 4.20. The van der Waals surface area contributed by atoms with Gasteiger partial charge in [0.05, 0.1) is 0 Å². The van der Waals surface area contributed by atoms with E-state index < -0.39 is 23.2 Å². The largest absolute Gasteiger partial charge is 0.411 e. The summed E-state index contributed by atoms with van der Waals surface area (Å²) in [5, 5.41) is 11.0. The van der Waals surface area contributed by atoms with Crippen LogP contribution in [-0.4, -0.2) is 28.3 Å². The van der Waals surface area contributed by atoms with Crippen LogP contribution in [0.2, 0.25) is 0 Å². The summed E-state index contributed by atoms with van der Waals surface area (Å²) in [6, 6.07) is 0. The molecule has 2 N–H and O–H groups in total. The van der Waals surface area contributed by atoms with Crippen molar-refractivity contribution in [1.82, 2.24) is 5.32 Å². The Bertz CT molecular complexity index is 250. The fourth-order valence-electron chi connectivity index (χ4n) is 0.975. The maximum Gasteiger partial charge on any atom is 0.411 e. The van der Waals surface area contributed by atoms with Crippen molar-refractivity contribution in [3.05, 3.63) is 0 Å². The van der Waals surface area contributed by atoms with Gasteiger partial charge in [-0.2, -0.15) is 13.2 Å². The lowest BCUT2D eigenvalue weighted by atomic mass is 10.1. The molecule has 0 aromatic rings. The number of alkyl halides is 3.